The van der Waals surface area contributed by atoms with Crippen molar-refractivity contribution in [2.45, 2.75) is 24.6 Å². The van der Waals surface area contributed by atoms with Crippen LogP contribution < -0.4 is 0 Å². The van der Waals surface area contributed by atoms with Crippen LogP contribution in [-0.2, 0) is 9.59 Å². The van der Waals surface area contributed by atoms with Gasteiger partial charge in [0.2, 0.25) is 11.8 Å². The normalized spacial score (nSPS) is 21.3. The Morgan fingerprint density at radius 1 is 1.26 bits per heavy atom. The van der Waals surface area contributed by atoms with E-state index < -0.39 is 17.0 Å². The fourth-order valence-electron chi connectivity index (χ4n) is 3.00. The number of thioether (sulfide) groups is 1. The van der Waals surface area contributed by atoms with Gasteiger partial charge in [-0.1, -0.05) is 6.07 Å². The highest BCUT2D eigenvalue weighted by Gasteiger charge is 2.35. The van der Waals surface area contributed by atoms with Crippen molar-refractivity contribution in [2.24, 2.45) is 0 Å². The van der Waals surface area contributed by atoms with Gasteiger partial charge < -0.3 is 9.80 Å². The zero-order valence-electron chi connectivity index (χ0n) is 12.6. The number of halogens is 2. The van der Waals surface area contributed by atoms with Crippen LogP contribution in [0.4, 0.5) is 8.78 Å². The van der Waals surface area contributed by atoms with Crippen LogP contribution in [0.2, 0.25) is 0 Å². The highest BCUT2D eigenvalue weighted by Crippen LogP contribution is 2.39. The average molecular weight is 340 g/mol. The Kier molecular flexibility index (Phi) is 4.84. The number of carbonyl (C=O) groups excluding carboxylic acids is 2. The van der Waals surface area contributed by atoms with E-state index >= 15 is 0 Å². The van der Waals surface area contributed by atoms with Crippen molar-refractivity contribution in [3.05, 3.63) is 35.4 Å². The summed E-state index contributed by atoms with van der Waals surface area (Å²) in [6, 6.07) is 3.39. The molecule has 0 unspecified atom stereocenters. The third-order valence-electron chi connectivity index (χ3n) is 4.22. The van der Waals surface area contributed by atoms with E-state index in [-0.39, 0.29) is 36.1 Å². The van der Waals surface area contributed by atoms with Crippen LogP contribution in [-0.4, -0.2) is 47.0 Å². The maximum atomic E-state index is 14.0. The third-order valence-corrected chi connectivity index (χ3v) is 5.46. The highest BCUT2D eigenvalue weighted by molar-refractivity contribution is 8.00. The fraction of sp³-hybridized carbons (Fsp3) is 0.500. The van der Waals surface area contributed by atoms with Gasteiger partial charge in [-0.2, -0.15) is 0 Å². The molecule has 0 N–H and O–H groups in total. The number of benzene rings is 1. The summed E-state index contributed by atoms with van der Waals surface area (Å²) in [5, 5.41) is -0.491. The van der Waals surface area contributed by atoms with Gasteiger partial charge in [0.25, 0.3) is 0 Å². The van der Waals surface area contributed by atoms with Crippen molar-refractivity contribution in [1.29, 1.82) is 0 Å². The molecule has 1 atom stereocenters. The molecule has 1 aromatic carbocycles. The molecule has 124 valence electrons. The fourth-order valence-corrected chi connectivity index (χ4v) is 4.24. The van der Waals surface area contributed by atoms with E-state index in [9.17, 15) is 18.4 Å². The lowest BCUT2D eigenvalue weighted by Crippen LogP contribution is -2.35. The van der Waals surface area contributed by atoms with Gasteiger partial charge >= 0.3 is 0 Å². The topological polar surface area (TPSA) is 40.6 Å². The molecule has 23 heavy (non-hydrogen) atoms. The molecule has 0 saturated carbocycles. The molecule has 2 saturated heterocycles. The van der Waals surface area contributed by atoms with Crippen molar-refractivity contribution in [1.82, 2.24) is 9.80 Å². The molecule has 3 rings (SSSR count). The van der Waals surface area contributed by atoms with Crippen molar-refractivity contribution >= 4 is 23.6 Å². The van der Waals surface area contributed by atoms with Crippen LogP contribution in [0.25, 0.3) is 0 Å². The van der Waals surface area contributed by atoms with Crippen LogP contribution in [0.3, 0.4) is 0 Å². The van der Waals surface area contributed by atoms with Gasteiger partial charge in [-0.25, -0.2) is 8.78 Å². The van der Waals surface area contributed by atoms with Gasteiger partial charge in [0, 0.05) is 37.7 Å². The molecule has 2 aliphatic heterocycles. The number of hydrogen-bond acceptors (Lipinski definition) is 3. The Labute approximate surface area is 137 Å². The van der Waals surface area contributed by atoms with Crippen LogP contribution in [0.5, 0.6) is 0 Å². The zero-order valence-corrected chi connectivity index (χ0v) is 13.5. The molecule has 2 amide bonds. The second-order valence-electron chi connectivity index (χ2n) is 5.75. The van der Waals surface area contributed by atoms with E-state index in [1.54, 1.807) is 4.90 Å². The standard InChI is InChI=1S/C16H18F2N2O2S/c17-11-3-4-12(13(18)9-11)16-20(15(22)10-23-16)8-5-14(21)19-6-1-2-7-19/h3-4,9,16H,1-2,5-8,10H2/t16-/m1/s1. The van der Waals surface area contributed by atoms with Gasteiger partial charge in [0.15, 0.2) is 0 Å². The third kappa shape index (κ3) is 3.49. The lowest BCUT2D eigenvalue weighted by atomic mass is 10.2. The van der Waals surface area contributed by atoms with Crippen molar-refractivity contribution in [2.75, 3.05) is 25.4 Å². The number of carbonyl (C=O) groups is 2. The highest BCUT2D eigenvalue weighted by atomic mass is 32.2. The lowest BCUT2D eigenvalue weighted by Gasteiger charge is -2.25. The summed E-state index contributed by atoms with van der Waals surface area (Å²) in [6.45, 7) is 1.82. The SMILES string of the molecule is O=C(CCN1C(=O)CS[C@@H]1c1ccc(F)cc1F)N1CCCC1. The van der Waals surface area contributed by atoms with Crippen LogP contribution in [0.1, 0.15) is 30.2 Å². The molecular weight excluding hydrogens is 322 g/mol. The predicted octanol–water partition coefficient (Wildman–Crippen LogP) is 2.55. The zero-order chi connectivity index (χ0) is 16.4. The summed E-state index contributed by atoms with van der Waals surface area (Å²) in [5.41, 5.74) is 0.288. The molecule has 1 aromatic rings. The quantitative estimate of drug-likeness (QED) is 0.846. The number of amides is 2. The molecular formula is C16H18F2N2O2S. The molecule has 0 aliphatic carbocycles. The molecule has 4 nitrogen and oxygen atoms in total. The average Bonchev–Trinajstić information content (AvgIpc) is 3.15. The first-order valence-electron chi connectivity index (χ1n) is 7.70. The van der Waals surface area contributed by atoms with Crippen molar-refractivity contribution in [3.8, 4) is 0 Å². The van der Waals surface area contributed by atoms with E-state index in [2.05, 4.69) is 0 Å². The number of nitrogens with zero attached hydrogens (tertiary/aromatic N) is 2. The summed E-state index contributed by atoms with van der Waals surface area (Å²) in [7, 11) is 0. The van der Waals surface area contributed by atoms with Gasteiger partial charge in [-0.05, 0) is 18.9 Å². The smallest absolute Gasteiger partial charge is 0.233 e. The van der Waals surface area contributed by atoms with Crippen molar-refractivity contribution < 1.29 is 18.4 Å². The predicted molar refractivity (Wildman–Crippen MR) is 83.7 cm³/mol. The first-order chi connectivity index (χ1) is 11.1. The Balaban J connectivity index is 1.68. The molecule has 0 spiro atoms. The van der Waals surface area contributed by atoms with E-state index in [4.69, 9.17) is 0 Å². The van der Waals surface area contributed by atoms with Crippen molar-refractivity contribution in [3.63, 3.8) is 0 Å². The van der Waals surface area contributed by atoms with Crippen LogP contribution >= 0.6 is 11.8 Å². The maximum absolute atomic E-state index is 14.0. The Bertz CT molecular complexity index is 620. The largest absolute Gasteiger partial charge is 0.343 e. The second-order valence-corrected chi connectivity index (χ2v) is 6.82. The van der Waals surface area contributed by atoms with Gasteiger partial charge in [-0.15, -0.1) is 11.8 Å². The molecule has 0 bridgehead atoms. The first kappa shape index (κ1) is 16.2. The Morgan fingerprint density at radius 3 is 2.70 bits per heavy atom. The monoisotopic (exact) mass is 340 g/mol. The van der Waals surface area contributed by atoms with Gasteiger partial charge in [-0.3, -0.25) is 9.59 Å². The minimum absolute atomic E-state index is 0.0329. The summed E-state index contributed by atoms with van der Waals surface area (Å²) in [4.78, 5) is 27.5. The Hall–Kier alpha value is -1.63. The van der Waals surface area contributed by atoms with E-state index in [0.717, 1.165) is 32.0 Å². The molecule has 0 radical (unpaired) electrons. The van der Waals surface area contributed by atoms with Gasteiger partial charge in [0.1, 0.15) is 17.0 Å². The molecule has 0 aromatic heterocycles. The lowest BCUT2D eigenvalue weighted by molar-refractivity contribution is -0.132. The first-order valence-corrected chi connectivity index (χ1v) is 8.75. The number of rotatable bonds is 4. The molecule has 2 aliphatic rings. The van der Waals surface area contributed by atoms with E-state index in [1.807, 2.05) is 0 Å². The van der Waals surface area contributed by atoms with E-state index in [1.165, 1.54) is 28.8 Å². The second kappa shape index (κ2) is 6.86. The molecule has 7 heteroatoms. The van der Waals surface area contributed by atoms with Gasteiger partial charge in [0.05, 0.1) is 5.75 Å². The maximum Gasteiger partial charge on any atom is 0.233 e. The summed E-state index contributed by atoms with van der Waals surface area (Å²) in [6.07, 6.45) is 2.28. The summed E-state index contributed by atoms with van der Waals surface area (Å²) >= 11 is 1.30. The van der Waals surface area contributed by atoms with Crippen LogP contribution in [0, 0.1) is 11.6 Å². The van der Waals surface area contributed by atoms with E-state index in [0.29, 0.717) is 0 Å². The minimum atomic E-state index is -0.659. The Morgan fingerprint density at radius 2 is 2.00 bits per heavy atom. The number of hydrogen-bond donors (Lipinski definition) is 0. The molecule has 2 heterocycles. The van der Waals surface area contributed by atoms with Crippen LogP contribution in [0.15, 0.2) is 18.2 Å². The molecule has 2 fully saturated rings. The summed E-state index contributed by atoms with van der Waals surface area (Å²) < 4.78 is 27.0. The minimum Gasteiger partial charge on any atom is -0.343 e. The number of likely N-dealkylation sites (tertiary alicyclic amines) is 1. The summed E-state index contributed by atoms with van der Waals surface area (Å²) in [5.74, 6) is -1.13.